The highest BCUT2D eigenvalue weighted by Gasteiger charge is 2.23. The van der Waals surface area contributed by atoms with E-state index >= 15 is 0 Å². The Bertz CT molecular complexity index is 936. The number of amides is 1. The van der Waals surface area contributed by atoms with Crippen molar-refractivity contribution in [3.05, 3.63) is 48.5 Å². The number of benzene rings is 2. The highest BCUT2D eigenvalue weighted by Crippen LogP contribution is 2.34. The van der Waals surface area contributed by atoms with Crippen LogP contribution in [0.5, 0.6) is 11.5 Å². The second kappa shape index (κ2) is 8.48. The molecule has 3 aromatic rings. The van der Waals surface area contributed by atoms with Gasteiger partial charge in [-0.3, -0.25) is 4.79 Å². The summed E-state index contributed by atoms with van der Waals surface area (Å²) >= 11 is 1.67. The van der Waals surface area contributed by atoms with Crippen molar-refractivity contribution in [2.45, 2.75) is 6.42 Å². The first-order valence-electron chi connectivity index (χ1n) is 9.39. The first kappa shape index (κ1) is 18.6. The van der Waals surface area contributed by atoms with Crippen LogP contribution in [0.1, 0.15) is 6.42 Å². The van der Waals surface area contributed by atoms with E-state index in [1.165, 1.54) is 0 Å². The average Bonchev–Trinajstić information content (AvgIpc) is 3.19. The number of nitrogens with zero attached hydrogens (tertiary/aromatic N) is 3. The van der Waals surface area contributed by atoms with Gasteiger partial charge in [0.25, 0.3) is 0 Å². The quantitative estimate of drug-likeness (QED) is 0.638. The molecule has 6 nitrogen and oxygen atoms in total. The van der Waals surface area contributed by atoms with Gasteiger partial charge in [-0.2, -0.15) is 0 Å². The van der Waals surface area contributed by atoms with Crippen LogP contribution in [0.15, 0.2) is 48.5 Å². The molecule has 0 radical (unpaired) electrons. The summed E-state index contributed by atoms with van der Waals surface area (Å²) in [7, 11) is 1.67. The molecule has 1 amide bonds. The van der Waals surface area contributed by atoms with E-state index in [1.54, 1.807) is 18.4 Å². The maximum absolute atomic E-state index is 12.5. The van der Waals surface area contributed by atoms with E-state index < -0.39 is 0 Å². The van der Waals surface area contributed by atoms with Gasteiger partial charge in [-0.25, -0.2) is 4.98 Å². The predicted octanol–water partition coefficient (Wildman–Crippen LogP) is 3.42. The third kappa shape index (κ3) is 4.04. The molecule has 0 aliphatic carbocycles. The molecule has 0 atom stereocenters. The van der Waals surface area contributed by atoms with Crippen LogP contribution in [-0.4, -0.2) is 55.7 Å². The third-order valence-corrected chi connectivity index (χ3v) is 5.90. The SMILES string of the molecule is COc1cccc2sc(N3CCN(C(=O)CCOc4ccccc4)CC3)nc12. The molecule has 1 aromatic heterocycles. The zero-order chi connectivity index (χ0) is 19.3. The van der Waals surface area contributed by atoms with Crippen molar-refractivity contribution in [1.82, 2.24) is 9.88 Å². The molecule has 0 N–H and O–H groups in total. The number of hydrogen-bond acceptors (Lipinski definition) is 6. The molecule has 0 saturated carbocycles. The van der Waals surface area contributed by atoms with Crippen molar-refractivity contribution in [2.75, 3.05) is 44.8 Å². The smallest absolute Gasteiger partial charge is 0.226 e. The Morgan fingerprint density at radius 1 is 1.07 bits per heavy atom. The largest absolute Gasteiger partial charge is 0.494 e. The normalized spacial score (nSPS) is 14.3. The molecule has 2 heterocycles. The van der Waals surface area contributed by atoms with Crippen LogP contribution in [0.3, 0.4) is 0 Å². The summed E-state index contributed by atoms with van der Waals surface area (Å²) in [5.41, 5.74) is 0.904. The van der Waals surface area contributed by atoms with Gasteiger partial charge in [0, 0.05) is 26.2 Å². The Kier molecular flexibility index (Phi) is 5.62. The fourth-order valence-electron chi connectivity index (χ4n) is 3.29. The zero-order valence-electron chi connectivity index (χ0n) is 15.8. The van der Waals surface area contributed by atoms with E-state index in [9.17, 15) is 4.79 Å². The topological polar surface area (TPSA) is 54.9 Å². The monoisotopic (exact) mass is 397 g/mol. The number of carbonyl (C=O) groups excluding carboxylic acids is 1. The minimum absolute atomic E-state index is 0.140. The van der Waals surface area contributed by atoms with Gasteiger partial charge >= 0.3 is 0 Å². The van der Waals surface area contributed by atoms with Gasteiger partial charge in [-0.15, -0.1) is 0 Å². The van der Waals surface area contributed by atoms with Crippen LogP contribution in [-0.2, 0) is 4.79 Å². The molecule has 1 aliphatic heterocycles. The Balaban J connectivity index is 1.30. The molecular weight excluding hydrogens is 374 g/mol. The van der Waals surface area contributed by atoms with E-state index in [-0.39, 0.29) is 5.91 Å². The fraction of sp³-hybridized carbons (Fsp3) is 0.333. The molecule has 28 heavy (non-hydrogen) atoms. The molecule has 1 aliphatic rings. The van der Waals surface area contributed by atoms with Gasteiger partial charge in [0.05, 0.1) is 24.8 Å². The Morgan fingerprint density at radius 3 is 2.61 bits per heavy atom. The lowest BCUT2D eigenvalue weighted by Crippen LogP contribution is -2.49. The van der Waals surface area contributed by atoms with Crippen molar-refractivity contribution in [3.8, 4) is 11.5 Å². The summed E-state index contributed by atoms with van der Waals surface area (Å²) in [6.45, 7) is 3.38. The highest BCUT2D eigenvalue weighted by molar-refractivity contribution is 7.22. The van der Waals surface area contributed by atoms with Gasteiger partial charge < -0.3 is 19.3 Å². The average molecular weight is 398 g/mol. The van der Waals surface area contributed by atoms with Gasteiger partial charge in [0.2, 0.25) is 5.91 Å². The van der Waals surface area contributed by atoms with E-state index in [0.717, 1.165) is 39.9 Å². The summed E-state index contributed by atoms with van der Waals surface area (Å²) < 4.78 is 12.2. The van der Waals surface area contributed by atoms with Gasteiger partial charge in [0.15, 0.2) is 5.13 Å². The van der Waals surface area contributed by atoms with Crippen LogP contribution in [0.4, 0.5) is 5.13 Å². The zero-order valence-corrected chi connectivity index (χ0v) is 16.7. The van der Waals surface area contributed by atoms with Crippen LogP contribution in [0, 0.1) is 0 Å². The number of aromatic nitrogens is 1. The van der Waals surface area contributed by atoms with E-state index in [2.05, 4.69) is 11.0 Å². The second-order valence-corrected chi connectivity index (χ2v) is 7.59. The van der Waals surface area contributed by atoms with E-state index in [4.69, 9.17) is 14.5 Å². The number of para-hydroxylation sites is 2. The molecule has 7 heteroatoms. The number of methoxy groups -OCH3 is 1. The fourth-order valence-corrected chi connectivity index (χ4v) is 4.32. The minimum atomic E-state index is 0.140. The number of piperazine rings is 1. The third-order valence-electron chi connectivity index (χ3n) is 4.82. The molecule has 146 valence electrons. The van der Waals surface area contributed by atoms with Crippen molar-refractivity contribution in [1.29, 1.82) is 0 Å². The Hall–Kier alpha value is -2.80. The number of carbonyl (C=O) groups is 1. The van der Waals surface area contributed by atoms with Crippen LogP contribution in [0.25, 0.3) is 10.2 Å². The first-order chi connectivity index (χ1) is 13.7. The number of thiazole rings is 1. The summed E-state index contributed by atoms with van der Waals surface area (Å²) in [5, 5.41) is 0.985. The number of hydrogen-bond donors (Lipinski definition) is 0. The Morgan fingerprint density at radius 2 is 1.86 bits per heavy atom. The number of anilines is 1. The predicted molar refractivity (Wildman–Crippen MR) is 112 cm³/mol. The molecule has 1 fully saturated rings. The van der Waals surface area contributed by atoms with Gasteiger partial charge in [-0.05, 0) is 24.3 Å². The molecular formula is C21H23N3O3S. The van der Waals surface area contributed by atoms with Crippen molar-refractivity contribution < 1.29 is 14.3 Å². The number of fused-ring (bicyclic) bond motifs is 1. The number of rotatable bonds is 6. The van der Waals surface area contributed by atoms with Crippen molar-refractivity contribution in [3.63, 3.8) is 0 Å². The van der Waals surface area contributed by atoms with E-state index in [0.29, 0.717) is 26.1 Å². The standard InChI is InChI=1S/C21H23N3O3S/c1-26-17-8-5-9-18-20(17)22-21(28-18)24-13-11-23(12-14-24)19(25)10-15-27-16-6-3-2-4-7-16/h2-9H,10-15H2,1H3. The Labute approximate surface area is 168 Å². The lowest BCUT2D eigenvalue weighted by molar-refractivity contribution is -0.132. The minimum Gasteiger partial charge on any atom is -0.494 e. The lowest BCUT2D eigenvalue weighted by Gasteiger charge is -2.34. The summed E-state index contributed by atoms with van der Waals surface area (Å²) in [6, 6.07) is 15.6. The summed E-state index contributed by atoms with van der Waals surface area (Å²) in [5.74, 6) is 1.74. The van der Waals surface area contributed by atoms with Crippen molar-refractivity contribution in [2.24, 2.45) is 0 Å². The maximum atomic E-state index is 12.5. The molecule has 0 bridgehead atoms. The van der Waals surface area contributed by atoms with Crippen LogP contribution < -0.4 is 14.4 Å². The molecule has 2 aromatic carbocycles. The van der Waals surface area contributed by atoms with E-state index in [1.807, 2.05) is 47.4 Å². The molecule has 0 spiro atoms. The molecule has 4 rings (SSSR count). The van der Waals surface area contributed by atoms with Crippen LogP contribution >= 0.6 is 11.3 Å². The molecule has 1 saturated heterocycles. The number of ether oxygens (including phenoxy) is 2. The summed E-state index contributed by atoms with van der Waals surface area (Å²) in [4.78, 5) is 21.4. The molecule has 0 unspecified atom stereocenters. The summed E-state index contributed by atoms with van der Waals surface area (Å²) in [6.07, 6.45) is 0.396. The maximum Gasteiger partial charge on any atom is 0.226 e. The lowest BCUT2D eigenvalue weighted by atomic mass is 10.3. The second-order valence-electron chi connectivity index (χ2n) is 6.58. The highest BCUT2D eigenvalue weighted by atomic mass is 32.1. The van der Waals surface area contributed by atoms with Crippen molar-refractivity contribution >= 4 is 32.6 Å². The van der Waals surface area contributed by atoms with Crippen LogP contribution in [0.2, 0.25) is 0 Å². The van der Waals surface area contributed by atoms with Gasteiger partial charge in [-0.1, -0.05) is 35.6 Å². The first-order valence-corrected chi connectivity index (χ1v) is 10.2. The van der Waals surface area contributed by atoms with Gasteiger partial charge in [0.1, 0.15) is 17.0 Å².